The number of likely N-dealkylation sites (N-methyl/N-ethyl adjacent to an activating group) is 1. The Hall–Kier alpha value is -0.220. The van der Waals surface area contributed by atoms with Crippen LogP contribution in [-0.2, 0) is 4.79 Å². The summed E-state index contributed by atoms with van der Waals surface area (Å²) in [6, 6.07) is 0.186. The molecule has 0 aromatic carbocycles. The Morgan fingerprint density at radius 2 is 2.31 bits per heavy atom. The number of hydrogen-bond acceptors (Lipinski definition) is 3. The fraction of sp³-hybridized carbons (Fsp3) is 0.889. The minimum atomic E-state index is -0.293. The van der Waals surface area contributed by atoms with E-state index in [1.165, 1.54) is 0 Å². The van der Waals surface area contributed by atoms with Crippen molar-refractivity contribution >= 4 is 17.7 Å². The highest BCUT2D eigenvalue weighted by molar-refractivity contribution is 7.98. The Labute approximate surface area is 84.0 Å². The molecule has 76 valence electrons. The van der Waals surface area contributed by atoms with E-state index in [0.717, 1.165) is 25.0 Å². The fourth-order valence-electron chi connectivity index (χ4n) is 1.27. The minimum absolute atomic E-state index is 0.108. The van der Waals surface area contributed by atoms with Gasteiger partial charge < -0.3 is 10.6 Å². The van der Waals surface area contributed by atoms with Crippen LogP contribution in [0.25, 0.3) is 0 Å². The largest absolute Gasteiger partial charge is 0.341 e. The molecule has 0 bridgehead atoms. The van der Waals surface area contributed by atoms with Crippen LogP contribution in [0.3, 0.4) is 0 Å². The van der Waals surface area contributed by atoms with Crippen molar-refractivity contribution in [2.75, 3.05) is 19.1 Å². The molecular formula is C9H18N2OS. The van der Waals surface area contributed by atoms with Gasteiger partial charge >= 0.3 is 0 Å². The minimum Gasteiger partial charge on any atom is -0.341 e. The van der Waals surface area contributed by atoms with Gasteiger partial charge in [0.05, 0.1) is 6.04 Å². The number of carbonyl (C=O) groups excluding carboxylic acids is 1. The van der Waals surface area contributed by atoms with Gasteiger partial charge in [0.1, 0.15) is 0 Å². The van der Waals surface area contributed by atoms with Crippen molar-refractivity contribution in [3.05, 3.63) is 0 Å². The Balaban J connectivity index is 2.27. The van der Waals surface area contributed by atoms with Crippen molar-refractivity contribution in [1.29, 1.82) is 0 Å². The molecule has 1 aliphatic rings. The molecular weight excluding hydrogens is 184 g/mol. The highest BCUT2D eigenvalue weighted by Crippen LogP contribution is 2.25. The van der Waals surface area contributed by atoms with Crippen molar-refractivity contribution in [2.24, 2.45) is 5.73 Å². The number of nitrogens with zero attached hydrogens (tertiary/aromatic N) is 1. The Kier molecular flexibility index (Phi) is 4.06. The Morgan fingerprint density at radius 3 is 2.77 bits per heavy atom. The molecule has 0 aliphatic heterocycles. The first-order chi connectivity index (χ1) is 6.16. The molecule has 4 heteroatoms. The molecule has 0 saturated heterocycles. The van der Waals surface area contributed by atoms with Crippen molar-refractivity contribution < 1.29 is 4.79 Å². The smallest absolute Gasteiger partial charge is 0.239 e. The lowest BCUT2D eigenvalue weighted by atomic mass is 10.2. The monoisotopic (exact) mass is 202 g/mol. The summed E-state index contributed by atoms with van der Waals surface area (Å²) in [5.74, 6) is 1.07. The van der Waals surface area contributed by atoms with Crippen molar-refractivity contribution in [2.45, 2.75) is 31.3 Å². The zero-order valence-electron chi connectivity index (χ0n) is 8.32. The van der Waals surface area contributed by atoms with E-state index in [4.69, 9.17) is 5.73 Å². The molecule has 0 spiro atoms. The average molecular weight is 202 g/mol. The first-order valence-electron chi connectivity index (χ1n) is 4.68. The van der Waals surface area contributed by atoms with Gasteiger partial charge in [-0.1, -0.05) is 0 Å². The van der Waals surface area contributed by atoms with Gasteiger partial charge in [0, 0.05) is 13.1 Å². The number of thioether (sulfide) groups is 1. The number of carbonyl (C=O) groups is 1. The highest BCUT2D eigenvalue weighted by Gasteiger charge is 2.31. The lowest BCUT2D eigenvalue weighted by Crippen LogP contribution is -2.43. The predicted molar refractivity (Wildman–Crippen MR) is 56.8 cm³/mol. The van der Waals surface area contributed by atoms with Crippen LogP contribution in [0.2, 0.25) is 0 Å². The van der Waals surface area contributed by atoms with Crippen LogP contribution in [0.5, 0.6) is 0 Å². The summed E-state index contributed by atoms with van der Waals surface area (Å²) in [5.41, 5.74) is 5.77. The molecule has 1 saturated carbocycles. The summed E-state index contributed by atoms with van der Waals surface area (Å²) in [7, 11) is 1.86. The summed E-state index contributed by atoms with van der Waals surface area (Å²) >= 11 is 1.73. The van der Waals surface area contributed by atoms with Crippen molar-refractivity contribution in [3.63, 3.8) is 0 Å². The van der Waals surface area contributed by atoms with Crippen LogP contribution in [0.1, 0.15) is 19.3 Å². The van der Waals surface area contributed by atoms with E-state index >= 15 is 0 Å². The zero-order chi connectivity index (χ0) is 9.84. The maximum atomic E-state index is 11.6. The quantitative estimate of drug-likeness (QED) is 0.713. The number of hydrogen-bond donors (Lipinski definition) is 1. The normalized spacial score (nSPS) is 18.4. The summed E-state index contributed by atoms with van der Waals surface area (Å²) in [5, 5.41) is 0. The molecule has 1 rings (SSSR count). The van der Waals surface area contributed by atoms with Gasteiger partial charge in [-0.15, -0.1) is 0 Å². The molecule has 1 atom stereocenters. The summed E-state index contributed by atoms with van der Waals surface area (Å²) in [6.07, 6.45) is 5.12. The second-order valence-corrected chi connectivity index (χ2v) is 4.55. The third-order valence-corrected chi connectivity index (χ3v) is 3.04. The van der Waals surface area contributed by atoms with Gasteiger partial charge in [-0.25, -0.2) is 0 Å². The van der Waals surface area contributed by atoms with Gasteiger partial charge in [-0.3, -0.25) is 4.79 Å². The molecule has 1 fully saturated rings. The van der Waals surface area contributed by atoms with E-state index in [1.807, 2.05) is 18.2 Å². The standard InChI is InChI=1S/C9H18N2OS/c1-11(7-3-4-7)9(12)8(10)5-6-13-2/h7-8H,3-6,10H2,1-2H3/t8-/m0/s1. The first kappa shape index (κ1) is 10.9. The molecule has 13 heavy (non-hydrogen) atoms. The van der Waals surface area contributed by atoms with E-state index in [1.54, 1.807) is 11.8 Å². The maximum Gasteiger partial charge on any atom is 0.239 e. The highest BCUT2D eigenvalue weighted by atomic mass is 32.2. The molecule has 0 radical (unpaired) electrons. The van der Waals surface area contributed by atoms with Crippen LogP contribution >= 0.6 is 11.8 Å². The molecule has 0 unspecified atom stereocenters. The first-order valence-corrected chi connectivity index (χ1v) is 6.07. The van der Waals surface area contributed by atoms with Crippen LogP contribution in [-0.4, -0.2) is 41.9 Å². The molecule has 0 heterocycles. The van der Waals surface area contributed by atoms with Crippen LogP contribution in [0.4, 0.5) is 0 Å². The van der Waals surface area contributed by atoms with Crippen molar-refractivity contribution in [1.82, 2.24) is 4.90 Å². The van der Waals surface area contributed by atoms with Crippen LogP contribution in [0.15, 0.2) is 0 Å². The SMILES string of the molecule is CSCC[C@H](N)C(=O)N(C)C1CC1. The lowest BCUT2D eigenvalue weighted by molar-refractivity contribution is -0.131. The number of nitrogens with two attached hydrogens (primary N) is 1. The summed E-state index contributed by atoms with van der Waals surface area (Å²) in [4.78, 5) is 13.4. The maximum absolute atomic E-state index is 11.6. The second-order valence-electron chi connectivity index (χ2n) is 3.57. The van der Waals surface area contributed by atoms with Crippen LogP contribution < -0.4 is 5.73 Å². The van der Waals surface area contributed by atoms with E-state index in [-0.39, 0.29) is 11.9 Å². The molecule has 1 aliphatic carbocycles. The Bertz CT molecular complexity index is 182. The van der Waals surface area contributed by atoms with Gasteiger partial charge in [0.25, 0.3) is 0 Å². The molecule has 0 aromatic heterocycles. The molecule has 0 aromatic rings. The van der Waals surface area contributed by atoms with E-state index in [9.17, 15) is 4.79 Å². The predicted octanol–water partition coefficient (Wildman–Crippen LogP) is 0.688. The van der Waals surface area contributed by atoms with Gasteiger partial charge in [0.15, 0.2) is 0 Å². The van der Waals surface area contributed by atoms with Gasteiger partial charge in [0.2, 0.25) is 5.91 Å². The topological polar surface area (TPSA) is 46.3 Å². The molecule has 1 amide bonds. The Morgan fingerprint density at radius 1 is 1.69 bits per heavy atom. The molecule has 3 nitrogen and oxygen atoms in total. The number of amides is 1. The second kappa shape index (κ2) is 4.86. The fourth-order valence-corrected chi connectivity index (χ4v) is 1.76. The van der Waals surface area contributed by atoms with E-state index in [2.05, 4.69) is 0 Å². The van der Waals surface area contributed by atoms with Crippen LogP contribution in [0, 0.1) is 0 Å². The molecule has 2 N–H and O–H groups in total. The third-order valence-electron chi connectivity index (χ3n) is 2.39. The van der Waals surface area contributed by atoms with Gasteiger partial charge in [-0.2, -0.15) is 11.8 Å². The lowest BCUT2D eigenvalue weighted by Gasteiger charge is -2.20. The van der Waals surface area contributed by atoms with E-state index in [0.29, 0.717) is 6.04 Å². The zero-order valence-corrected chi connectivity index (χ0v) is 9.14. The average Bonchev–Trinajstić information content (AvgIpc) is 2.94. The summed E-state index contributed by atoms with van der Waals surface area (Å²) in [6.45, 7) is 0. The van der Waals surface area contributed by atoms with E-state index < -0.39 is 0 Å². The van der Waals surface area contributed by atoms with Crippen molar-refractivity contribution in [3.8, 4) is 0 Å². The van der Waals surface area contributed by atoms with Gasteiger partial charge in [-0.05, 0) is 31.3 Å². The third kappa shape index (κ3) is 3.19. The summed E-state index contributed by atoms with van der Waals surface area (Å²) < 4.78 is 0. The number of rotatable bonds is 5.